The van der Waals surface area contributed by atoms with Crippen molar-refractivity contribution < 1.29 is 4.79 Å². The molecule has 3 nitrogen and oxygen atoms in total. The van der Waals surface area contributed by atoms with Crippen LogP contribution in [0.1, 0.15) is 43.1 Å². The molecule has 1 aromatic rings. The van der Waals surface area contributed by atoms with Crippen LogP contribution >= 0.6 is 0 Å². The molecule has 0 aliphatic heterocycles. The van der Waals surface area contributed by atoms with Crippen LogP contribution < -0.4 is 11.1 Å². The van der Waals surface area contributed by atoms with Crippen molar-refractivity contribution in [3.05, 3.63) is 35.4 Å². The first-order chi connectivity index (χ1) is 7.88. The SMILES string of the molecule is CC(C)(C)CCNCc1cccc(C(N)=O)c1. The van der Waals surface area contributed by atoms with Crippen LogP contribution in [0.2, 0.25) is 0 Å². The molecule has 0 aliphatic carbocycles. The lowest BCUT2D eigenvalue weighted by atomic mass is 9.92. The van der Waals surface area contributed by atoms with Crippen molar-refractivity contribution in [1.82, 2.24) is 5.32 Å². The zero-order chi connectivity index (χ0) is 12.9. The van der Waals surface area contributed by atoms with E-state index < -0.39 is 0 Å². The summed E-state index contributed by atoms with van der Waals surface area (Å²) in [6, 6.07) is 7.44. The van der Waals surface area contributed by atoms with E-state index in [0.717, 1.165) is 25.1 Å². The van der Waals surface area contributed by atoms with E-state index in [2.05, 4.69) is 26.1 Å². The Morgan fingerprint density at radius 1 is 1.35 bits per heavy atom. The first-order valence-corrected chi connectivity index (χ1v) is 5.98. The highest BCUT2D eigenvalue weighted by atomic mass is 16.1. The largest absolute Gasteiger partial charge is 0.366 e. The highest BCUT2D eigenvalue weighted by molar-refractivity contribution is 5.92. The van der Waals surface area contributed by atoms with Crippen LogP contribution in [0.25, 0.3) is 0 Å². The zero-order valence-electron chi connectivity index (χ0n) is 10.9. The van der Waals surface area contributed by atoms with E-state index >= 15 is 0 Å². The van der Waals surface area contributed by atoms with Gasteiger partial charge in [-0.1, -0.05) is 32.9 Å². The van der Waals surface area contributed by atoms with Gasteiger partial charge in [0, 0.05) is 12.1 Å². The molecular weight excluding hydrogens is 212 g/mol. The predicted octanol–water partition coefficient (Wildman–Crippen LogP) is 2.31. The number of carbonyl (C=O) groups is 1. The smallest absolute Gasteiger partial charge is 0.248 e. The lowest BCUT2D eigenvalue weighted by molar-refractivity contribution is 0.1000. The van der Waals surface area contributed by atoms with E-state index in [0.29, 0.717) is 11.0 Å². The van der Waals surface area contributed by atoms with Gasteiger partial charge in [-0.25, -0.2) is 0 Å². The second-order valence-corrected chi connectivity index (χ2v) is 5.55. The summed E-state index contributed by atoms with van der Waals surface area (Å²) >= 11 is 0. The average Bonchev–Trinajstić information content (AvgIpc) is 2.23. The fourth-order valence-corrected chi connectivity index (χ4v) is 1.53. The van der Waals surface area contributed by atoms with Crippen LogP contribution in [0.15, 0.2) is 24.3 Å². The Hall–Kier alpha value is -1.35. The van der Waals surface area contributed by atoms with Gasteiger partial charge in [-0.2, -0.15) is 0 Å². The van der Waals surface area contributed by atoms with Crippen LogP contribution in [0.3, 0.4) is 0 Å². The second-order valence-electron chi connectivity index (χ2n) is 5.55. The van der Waals surface area contributed by atoms with Crippen LogP contribution in [0.4, 0.5) is 0 Å². The summed E-state index contributed by atoms with van der Waals surface area (Å²) in [4.78, 5) is 11.0. The van der Waals surface area contributed by atoms with Crippen molar-refractivity contribution in [2.75, 3.05) is 6.54 Å². The van der Waals surface area contributed by atoms with E-state index in [9.17, 15) is 4.79 Å². The molecule has 0 heterocycles. The number of amides is 1. The molecule has 3 heteroatoms. The Bertz CT molecular complexity index is 380. The summed E-state index contributed by atoms with van der Waals surface area (Å²) < 4.78 is 0. The first-order valence-electron chi connectivity index (χ1n) is 5.98. The molecule has 94 valence electrons. The maximum absolute atomic E-state index is 11.0. The molecule has 1 aromatic carbocycles. The molecule has 0 radical (unpaired) electrons. The minimum atomic E-state index is -0.374. The third kappa shape index (κ3) is 5.50. The average molecular weight is 234 g/mol. The van der Waals surface area contributed by atoms with Crippen LogP contribution in [-0.2, 0) is 6.54 Å². The van der Waals surface area contributed by atoms with Crippen molar-refractivity contribution in [2.45, 2.75) is 33.7 Å². The minimum Gasteiger partial charge on any atom is -0.366 e. The highest BCUT2D eigenvalue weighted by Gasteiger charge is 2.08. The lowest BCUT2D eigenvalue weighted by Crippen LogP contribution is -2.20. The van der Waals surface area contributed by atoms with E-state index in [1.165, 1.54) is 0 Å². The number of carbonyl (C=O) groups excluding carboxylic acids is 1. The quantitative estimate of drug-likeness (QED) is 0.768. The summed E-state index contributed by atoms with van der Waals surface area (Å²) in [7, 11) is 0. The van der Waals surface area contributed by atoms with Gasteiger partial charge in [0.1, 0.15) is 0 Å². The fourth-order valence-electron chi connectivity index (χ4n) is 1.53. The molecule has 0 unspecified atom stereocenters. The molecular formula is C14H22N2O. The van der Waals surface area contributed by atoms with Gasteiger partial charge in [-0.15, -0.1) is 0 Å². The molecule has 0 spiro atoms. The third-order valence-electron chi connectivity index (χ3n) is 2.59. The summed E-state index contributed by atoms with van der Waals surface area (Å²) in [6.07, 6.45) is 1.13. The van der Waals surface area contributed by atoms with Gasteiger partial charge in [0.05, 0.1) is 0 Å². The summed E-state index contributed by atoms with van der Waals surface area (Å²) in [5.74, 6) is -0.374. The van der Waals surface area contributed by atoms with Gasteiger partial charge in [-0.3, -0.25) is 4.79 Å². The third-order valence-corrected chi connectivity index (χ3v) is 2.59. The van der Waals surface area contributed by atoms with Crippen molar-refractivity contribution >= 4 is 5.91 Å². The summed E-state index contributed by atoms with van der Waals surface area (Å²) in [5, 5.41) is 3.37. The minimum absolute atomic E-state index is 0.349. The Balaban J connectivity index is 2.42. The molecule has 0 aliphatic rings. The molecule has 0 saturated heterocycles. The van der Waals surface area contributed by atoms with E-state index in [1.54, 1.807) is 6.07 Å². The van der Waals surface area contributed by atoms with Gasteiger partial charge in [-0.05, 0) is 36.1 Å². The number of nitrogens with one attached hydrogen (secondary N) is 1. The topological polar surface area (TPSA) is 55.1 Å². The van der Waals surface area contributed by atoms with E-state index in [1.807, 2.05) is 18.2 Å². The van der Waals surface area contributed by atoms with Crippen molar-refractivity contribution in [1.29, 1.82) is 0 Å². The monoisotopic (exact) mass is 234 g/mol. The number of nitrogens with two attached hydrogens (primary N) is 1. The first kappa shape index (κ1) is 13.7. The molecule has 0 fully saturated rings. The van der Waals surface area contributed by atoms with Crippen LogP contribution in [0.5, 0.6) is 0 Å². The summed E-state index contributed by atoms with van der Waals surface area (Å²) in [6.45, 7) is 8.43. The Morgan fingerprint density at radius 3 is 2.65 bits per heavy atom. The second kappa shape index (κ2) is 5.82. The van der Waals surface area contributed by atoms with E-state index in [4.69, 9.17) is 5.73 Å². The summed E-state index contributed by atoms with van der Waals surface area (Å²) in [5.41, 5.74) is 7.25. The van der Waals surface area contributed by atoms with Gasteiger partial charge in [0.25, 0.3) is 0 Å². The zero-order valence-corrected chi connectivity index (χ0v) is 10.9. The predicted molar refractivity (Wildman–Crippen MR) is 70.7 cm³/mol. The maximum atomic E-state index is 11.0. The van der Waals surface area contributed by atoms with Crippen LogP contribution in [-0.4, -0.2) is 12.5 Å². The normalized spacial score (nSPS) is 11.5. The van der Waals surface area contributed by atoms with Crippen molar-refractivity contribution in [3.63, 3.8) is 0 Å². The molecule has 0 atom stereocenters. The molecule has 3 N–H and O–H groups in total. The fraction of sp³-hybridized carbons (Fsp3) is 0.500. The number of hydrogen-bond donors (Lipinski definition) is 2. The molecule has 1 amide bonds. The van der Waals surface area contributed by atoms with Crippen LogP contribution in [0, 0.1) is 5.41 Å². The van der Waals surface area contributed by atoms with E-state index in [-0.39, 0.29) is 5.91 Å². The molecule has 1 rings (SSSR count). The molecule has 0 bridgehead atoms. The van der Waals surface area contributed by atoms with Crippen molar-refractivity contribution in [3.8, 4) is 0 Å². The van der Waals surface area contributed by atoms with Crippen molar-refractivity contribution in [2.24, 2.45) is 11.1 Å². The van der Waals surface area contributed by atoms with Gasteiger partial charge in [0.15, 0.2) is 0 Å². The lowest BCUT2D eigenvalue weighted by Gasteiger charge is -2.18. The maximum Gasteiger partial charge on any atom is 0.248 e. The number of rotatable bonds is 5. The molecule has 17 heavy (non-hydrogen) atoms. The van der Waals surface area contributed by atoms with Gasteiger partial charge >= 0.3 is 0 Å². The van der Waals surface area contributed by atoms with Gasteiger partial charge in [0.2, 0.25) is 5.91 Å². The number of primary amides is 1. The highest BCUT2D eigenvalue weighted by Crippen LogP contribution is 2.17. The number of benzene rings is 1. The Morgan fingerprint density at radius 2 is 2.06 bits per heavy atom. The number of hydrogen-bond acceptors (Lipinski definition) is 2. The standard InChI is InChI=1S/C14H22N2O/c1-14(2,3)7-8-16-10-11-5-4-6-12(9-11)13(15)17/h4-6,9,16H,7-8,10H2,1-3H3,(H2,15,17). The van der Waals surface area contributed by atoms with Gasteiger partial charge < -0.3 is 11.1 Å². The Labute approximate surface area is 103 Å². The molecule has 0 aromatic heterocycles. The molecule has 0 saturated carbocycles. The Kier molecular flexibility index (Phi) is 4.70.